The molecule has 1 aromatic heterocycles. The van der Waals surface area contributed by atoms with Crippen molar-refractivity contribution in [2.24, 2.45) is 0 Å². The van der Waals surface area contributed by atoms with Crippen LogP contribution in [0.15, 0.2) is 18.2 Å². The number of hydrogen-bond acceptors (Lipinski definition) is 4. The van der Waals surface area contributed by atoms with E-state index in [2.05, 4.69) is 0 Å². The van der Waals surface area contributed by atoms with Gasteiger partial charge in [0.1, 0.15) is 10.6 Å². The predicted molar refractivity (Wildman–Crippen MR) is 66.9 cm³/mol. The highest BCUT2D eigenvalue weighted by molar-refractivity contribution is 7.23. The maximum absolute atomic E-state index is 11.8. The van der Waals surface area contributed by atoms with E-state index in [1.165, 1.54) is 11.3 Å². The number of esters is 1. The lowest BCUT2D eigenvalue weighted by Gasteiger charge is -2.03. The molecular formula is C12H13NO2S. The van der Waals surface area contributed by atoms with Crippen molar-refractivity contribution in [3.05, 3.63) is 29.3 Å². The van der Waals surface area contributed by atoms with Gasteiger partial charge in [-0.1, -0.05) is 12.1 Å². The molecule has 2 N–H and O–H groups in total. The number of rotatable bonds is 2. The molecule has 1 heterocycles. The normalized spacial score (nSPS) is 10.6. The summed E-state index contributed by atoms with van der Waals surface area (Å²) in [7, 11) is 0. The van der Waals surface area contributed by atoms with Gasteiger partial charge < -0.3 is 10.5 Å². The first-order valence-corrected chi connectivity index (χ1v) is 5.91. The van der Waals surface area contributed by atoms with Crippen LogP contribution in [0.4, 0.5) is 5.00 Å². The van der Waals surface area contributed by atoms with Gasteiger partial charge in [-0.15, -0.1) is 11.3 Å². The monoisotopic (exact) mass is 235 g/mol. The van der Waals surface area contributed by atoms with E-state index in [1.807, 2.05) is 25.1 Å². The van der Waals surface area contributed by atoms with Gasteiger partial charge in [0.25, 0.3) is 0 Å². The van der Waals surface area contributed by atoms with Gasteiger partial charge in [0.05, 0.1) is 6.61 Å². The van der Waals surface area contributed by atoms with E-state index in [4.69, 9.17) is 10.5 Å². The van der Waals surface area contributed by atoms with E-state index in [1.54, 1.807) is 6.92 Å². The molecule has 0 amide bonds. The molecule has 0 aliphatic heterocycles. The van der Waals surface area contributed by atoms with Crippen LogP contribution in [0.5, 0.6) is 0 Å². The van der Waals surface area contributed by atoms with Crippen LogP contribution in [-0.4, -0.2) is 12.6 Å². The van der Waals surface area contributed by atoms with Gasteiger partial charge in [-0.3, -0.25) is 0 Å². The first-order valence-electron chi connectivity index (χ1n) is 5.09. The summed E-state index contributed by atoms with van der Waals surface area (Å²) in [5.41, 5.74) is 7.43. The molecule has 0 aliphatic carbocycles. The highest BCUT2D eigenvalue weighted by atomic mass is 32.1. The van der Waals surface area contributed by atoms with Crippen LogP contribution < -0.4 is 5.73 Å². The topological polar surface area (TPSA) is 52.3 Å². The number of carbonyl (C=O) groups excluding carboxylic acids is 1. The molecule has 0 atom stereocenters. The van der Waals surface area contributed by atoms with Crippen molar-refractivity contribution in [1.29, 1.82) is 0 Å². The Balaban J connectivity index is 2.68. The van der Waals surface area contributed by atoms with Crippen molar-refractivity contribution in [1.82, 2.24) is 0 Å². The zero-order valence-corrected chi connectivity index (χ0v) is 10.1. The zero-order valence-electron chi connectivity index (χ0n) is 9.24. The summed E-state index contributed by atoms with van der Waals surface area (Å²) in [5, 5.41) is 1.45. The first kappa shape index (κ1) is 11.0. The maximum Gasteiger partial charge on any atom is 0.341 e. The fraction of sp³-hybridized carbons (Fsp3) is 0.250. The van der Waals surface area contributed by atoms with Crippen molar-refractivity contribution in [2.75, 3.05) is 12.3 Å². The number of benzene rings is 1. The van der Waals surface area contributed by atoms with Crippen LogP contribution in [0.25, 0.3) is 10.1 Å². The van der Waals surface area contributed by atoms with Crippen molar-refractivity contribution in [3.63, 3.8) is 0 Å². The quantitative estimate of drug-likeness (QED) is 0.814. The molecule has 0 saturated heterocycles. The summed E-state index contributed by atoms with van der Waals surface area (Å²) in [5.74, 6) is -0.333. The third-order valence-electron chi connectivity index (χ3n) is 2.43. The van der Waals surface area contributed by atoms with E-state index in [0.717, 1.165) is 15.6 Å². The van der Waals surface area contributed by atoms with Gasteiger partial charge in [0.15, 0.2) is 0 Å². The Kier molecular flexibility index (Phi) is 2.83. The van der Waals surface area contributed by atoms with E-state index >= 15 is 0 Å². The second-order valence-corrected chi connectivity index (χ2v) is 4.59. The first-order chi connectivity index (χ1) is 7.65. The van der Waals surface area contributed by atoms with E-state index in [9.17, 15) is 4.79 Å². The number of nitrogen functional groups attached to an aromatic ring is 1. The van der Waals surface area contributed by atoms with Gasteiger partial charge in [0.2, 0.25) is 0 Å². The SMILES string of the molecule is CCOC(=O)c1c(N)sc2cccc(C)c12. The number of fused-ring (bicyclic) bond motifs is 1. The molecule has 2 aromatic rings. The van der Waals surface area contributed by atoms with Crippen molar-refractivity contribution in [3.8, 4) is 0 Å². The molecule has 0 bridgehead atoms. The van der Waals surface area contributed by atoms with Gasteiger partial charge >= 0.3 is 5.97 Å². The Morgan fingerprint density at radius 2 is 2.25 bits per heavy atom. The molecule has 0 fully saturated rings. The van der Waals surface area contributed by atoms with Crippen LogP contribution in [0.3, 0.4) is 0 Å². The molecule has 4 heteroatoms. The van der Waals surface area contributed by atoms with E-state index in [0.29, 0.717) is 17.2 Å². The van der Waals surface area contributed by atoms with Crippen LogP contribution in [0.1, 0.15) is 22.8 Å². The molecule has 0 spiro atoms. The third-order valence-corrected chi connectivity index (χ3v) is 3.41. The third kappa shape index (κ3) is 1.65. The minimum atomic E-state index is -0.333. The lowest BCUT2D eigenvalue weighted by molar-refractivity contribution is 0.0530. The Hall–Kier alpha value is -1.55. The summed E-state index contributed by atoms with van der Waals surface area (Å²) < 4.78 is 6.05. The Labute approximate surface area is 97.8 Å². The van der Waals surface area contributed by atoms with Crippen molar-refractivity contribution >= 4 is 32.4 Å². The Morgan fingerprint density at radius 3 is 2.94 bits per heavy atom. The molecule has 0 radical (unpaired) electrons. The fourth-order valence-corrected chi connectivity index (χ4v) is 2.78. The molecule has 3 nitrogen and oxygen atoms in total. The molecule has 84 valence electrons. The highest BCUT2D eigenvalue weighted by Gasteiger charge is 2.19. The number of thiophene rings is 1. The van der Waals surface area contributed by atoms with Gasteiger partial charge in [-0.05, 0) is 25.5 Å². The number of carbonyl (C=O) groups is 1. The van der Waals surface area contributed by atoms with Crippen molar-refractivity contribution in [2.45, 2.75) is 13.8 Å². The van der Waals surface area contributed by atoms with Gasteiger partial charge in [-0.25, -0.2) is 4.79 Å². The predicted octanol–water partition coefficient (Wildman–Crippen LogP) is 2.97. The summed E-state index contributed by atoms with van der Waals surface area (Å²) in [4.78, 5) is 11.8. The molecule has 0 aliphatic rings. The standard InChI is InChI=1S/C12H13NO2S/c1-3-15-12(14)10-9-7(2)5-4-6-8(9)16-11(10)13/h4-6H,3,13H2,1-2H3. The molecule has 0 saturated carbocycles. The van der Waals surface area contributed by atoms with E-state index < -0.39 is 0 Å². The minimum absolute atomic E-state index is 0.333. The summed E-state index contributed by atoms with van der Waals surface area (Å²) >= 11 is 1.42. The van der Waals surface area contributed by atoms with Crippen LogP contribution in [0.2, 0.25) is 0 Å². The second-order valence-electron chi connectivity index (χ2n) is 3.51. The van der Waals surface area contributed by atoms with Crippen molar-refractivity contribution < 1.29 is 9.53 Å². The minimum Gasteiger partial charge on any atom is -0.462 e. The summed E-state index contributed by atoms with van der Waals surface area (Å²) in [6.07, 6.45) is 0. The number of aryl methyl sites for hydroxylation is 1. The van der Waals surface area contributed by atoms with Crippen LogP contribution in [-0.2, 0) is 4.74 Å². The number of ether oxygens (including phenoxy) is 1. The molecule has 16 heavy (non-hydrogen) atoms. The summed E-state index contributed by atoms with van der Waals surface area (Å²) in [6.45, 7) is 4.12. The number of hydrogen-bond donors (Lipinski definition) is 1. The highest BCUT2D eigenvalue weighted by Crippen LogP contribution is 2.35. The number of anilines is 1. The average Bonchev–Trinajstić information content (AvgIpc) is 2.56. The van der Waals surface area contributed by atoms with Gasteiger partial charge in [0, 0.05) is 10.1 Å². The zero-order chi connectivity index (χ0) is 11.7. The maximum atomic E-state index is 11.8. The molecule has 1 aromatic carbocycles. The molecule has 2 rings (SSSR count). The smallest absolute Gasteiger partial charge is 0.341 e. The second kappa shape index (κ2) is 4.14. The summed E-state index contributed by atoms with van der Waals surface area (Å²) in [6, 6.07) is 5.89. The Morgan fingerprint density at radius 1 is 1.50 bits per heavy atom. The largest absolute Gasteiger partial charge is 0.462 e. The Bertz CT molecular complexity index is 545. The van der Waals surface area contributed by atoms with Crippen LogP contribution >= 0.6 is 11.3 Å². The fourth-order valence-electron chi connectivity index (χ4n) is 1.74. The lowest BCUT2D eigenvalue weighted by atomic mass is 10.1. The number of nitrogens with two attached hydrogens (primary N) is 1. The molecular weight excluding hydrogens is 222 g/mol. The van der Waals surface area contributed by atoms with E-state index in [-0.39, 0.29) is 5.97 Å². The van der Waals surface area contributed by atoms with Gasteiger partial charge in [-0.2, -0.15) is 0 Å². The van der Waals surface area contributed by atoms with Crippen LogP contribution in [0, 0.1) is 6.92 Å². The molecule has 0 unspecified atom stereocenters. The average molecular weight is 235 g/mol. The lowest BCUT2D eigenvalue weighted by Crippen LogP contribution is -2.06.